The minimum absolute atomic E-state index is 0. The van der Waals surface area contributed by atoms with Crippen molar-refractivity contribution in [3.8, 4) is 0 Å². The Morgan fingerprint density at radius 2 is 1.70 bits per heavy atom. The fourth-order valence-electron chi connectivity index (χ4n) is 3.70. The predicted molar refractivity (Wildman–Crippen MR) is 114 cm³/mol. The highest BCUT2D eigenvalue weighted by Crippen LogP contribution is 2.36. The second-order valence-electron chi connectivity index (χ2n) is 7.06. The molecule has 9 heteroatoms. The average molecular weight is 412 g/mol. The predicted octanol–water partition coefficient (Wildman–Crippen LogP) is 2.14. The van der Waals surface area contributed by atoms with Gasteiger partial charge in [0, 0.05) is 50.4 Å². The zero-order chi connectivity index (χ0) is 17.4. The third-order valence-electron chi connectivity index (χ3n) is 5.23. The maximum Gasteiger partial charge on any atom is 0.222 e. The minimum atomic E-state index is 0. The Hall–Kier alpha value is -1.83. The molecular formula is C18H27Cl2N7. The van der Waals surface area contributed by atoms with Gasteiger partial charge < -0.3 is 21.3 Å². The molecule has 2 aromatic heterocycles. The number of nitrogen functional groups attached to an aromatic ring is 1. The molecule has 0 aromatic carbocycles. The second-order valence-corrected chi connectivity index (χ2v) is 7.06. The van der Waals surface area contributed by atoms with Gasteiger partial charge in [-0.1, -0.05) is 6.07 Å². The Labute approximate surface area is 172 Å². The van der Waals surface area contributed by atoms with Crippen LogP contribution in [0.25, 0.3) is 0 Å². The number of pyridine rings is 1. The molecule has 1 aliphatic heterocycles. The number of piperazine rings is 1. The lowest BCUT2D eigenvalue weighted by atomic mass is 9.78. The Kier molecular flexibility index (Phi) is 7.08. The molecule has 148 valence electrons. The molecule has 3 heterocycles. The third-order valence-corrected chi connectivity index (χ3v) is 5.23. The number of nitrogens with two attached hydrogens (primary N) is 2. The normalized spacial score (nSPS) is 21.7. The van der Waals surface area contributed by atoms with Crippen LogP contribution >= 0.6 is 24.8 Å². The van der Waals surface area contributed by atoms with Crippen molar-refractivity contribution in [3.05, 3.63) is 35.7 Å². The molecule has 2 aromatic rings. The van der Waals surface area contributed by atoms with Crippen molar-refractivity contribution in [2.24, 2.45) is 5.73 Å². The molecule has 1 saturated carbocycles. The molecule has 0 atom stereocenters. The van der Waals surface area contributed by atoms with Crippen molar-refractivity contribution in [2.45, 2.75) is 31.7 Å². The Morgan fingerprint density at radius 1 is 1.04 bits per heavy atom. The molecule has 1 aliphatic carbocycles. The maximum absolute atomic E-state index is 5.95. The highest BCUT2D eigenvalue weighted by molar-refractivity contribution is 5.85. The van der Waals surface area contributed by atoms with Crippen LogP contribution in [-0.4, -0.2) is 47.2 Å². The number of aromatic nitrogens is 3. The summed E-state index contributed by atoms with van der Waals surface area (Å²) < 4.78 is 0. The van der Waals surface area contributed by atoms with Crippen molar-refractivity contribution in [1.29, 1.82) is 0 Å². The molecule has 0 spiro atoms. The third kappa shape index (κ3) is 4.54. The van der Waals surface area contributed by atoms with Crippen molar-refractivity contribution in [1.82, 2.24) is 15.0 Å². The van der Waals surface area contributed by atoms with Crippen molar-refractivity contribution in [3.63, 3.8) is 0 Å². The molecule has 2 fully saturated rings. The summed E-state index contributed by atoms with van der Waals surface area (Å²) in [4.78, 5) is 18.0. The van der Waals surface area contributed by atoms with E-state index in [1.54, 1.807) is 0 Å². The van der Waals surface area contributed by atoms with Gasteiger partial charge in [-0.2, -0.15) is 4.98 Å². The Morgan fingerprint density at radius 3 is 2.33 bits per heavy atom. The highest BCUT2D eigenvalue weighted by Gasteiger charge is 2.30. The maximum atomic E-state index is 5.95. The number of hydrogen-bond donors (Lipinski definition) is 2. The van der Waals surface area contributed by atoms with Crippen LogP contribution in [0.5, 0.6) is 0 Å². The molecule has 0 bridgehead atoms. The minimum Gasteiger partial charge on any atom is -0.368 e. The number of halogens is 2. The highest BCUT2D eigenvalue weighted by atomic mass is 35.5. The number of rotatable bonds is 3. The standard InChI is InChI=1S/C18H25N7.2ClH/c1-12-3-2-4-21-17(12)25-7-5-24(6-8-25)16-11-15(22-18(20)23-16)13-9-14(19)10-13;;/h2-4,11,13-14H,5-10,19H2,1H3,(H2,20,22,23);2*1H. The van der Waals surface area contributed by atoms with Gasteiger partial charge in [0.25, 0.3) is 0 Å². The van der Waals surface area contributed by atoms with Crippen molar-refractivity contribution in [2.75, 3.05) is 41.7 Å². The second kappa shape index (κ2) is 8.91. The number of aryl methyl sites for hydroxylation is 1. The molecule has 27 heavy (non-hydrogen) atoms. The fourth-order valence-corrected chi connectivity index (χ4v) is 3.70. The van der Waals surface area contributed by atoms with Crippen LogP contribution in [0.1, 0.15) is 30.0 Å². The molecule has 4 N–H and O–H groups in total. The summed E-state index contributed by atoms with van der Waals surface area (Å²) in [6.45, 7) is 5.75. The molecule has 2 aliphatic rings. The Bertz CT molecular complexity index is 759. The molecule has 0 unspecified atom stereocenters. The first-order chi connectivity index (χ1) is 12.1. The molecular weight excluding hydrogens is 385 g/mol. The zero-order valence-corrected chi connectivity index (χ0v) is 17.0. The van der Waals surface area contributed by atoms with Crippen LogP contribution in [0, 0.1) is 6.92 Å². The smallest absolute Gasteiger partial charge is 0.222 e. The summed E-state index contributed by atoms with van der Waals surface area (Å²) in [6, 6.07) is 6.48. The van der Waals surface area contributed by atoms with Crippen LogP contribution in [0.3, 0.4) is 0 Å². The lowest BCUT2D eigenvalue weighted by Gasteiger charge is -2.37. The first-order valence-corrected chi connectivity index (χ1v) is 8.91. The lowest BCUT2D eigenvalue weighted by Crippen LogP contribution is -2.47. The quantitative estimate of drug-likeness (QED) is 0.797. The summed E-state index contributed by atoms with van der Waals surface area (Å²) in [5, 5.41) is 0. The average Bonchev–Trinajstić information content (AvgIpc) is 2.59. The lowest BCUT2D eigenvalue weighted by molar-refractivity contribution is 0.345. The van der Waals surface area contributed by atoms with Crippen LogP contribution in [-0.2, 0) is 0 Å². The van der Waals surface area contributed by atoms with Crippen LogP contribution in [0.2, 0.25) is 0 Å². The van der Waals surface area contributed by atoms with E-state index in [9.17, 15) is 0 Å². The van der Waals surface area contributed by atoms with E-state index in [-0.39, 0.29) is 24.8 Å². The number of nitrogens with zero attached hydrogens (tertiary/aromatic N) is 5. The van der Waals surface area contributed by atoms with Gasteiger partial charge in [0.15, 0.2) is 0 Å². The fraction of sp³-hybridized carbons (Fsp3) is 0.500. The van der Waals surface area contributed by atoms with Gasteiger partial charge in [0.2, 0.25) is 5.95 Å². The molecule has 7 nitrogen and oxygen atoms in total. The first-order valence-electron chi connectivity index (χ1n) is 8.91. The van der Waals surface area contributed by atoms with Gasteiger partial charge in [-0.15, -0.1) is 24.8 Å². The molecule has 4 rings (SSSR count). The summed E-state index contributed by atoms with van der Waals surface area (Å²) in [7, 11) is 0. The van der Waals surface area contributed by atoms with Crippen LogP contribution in [0.4, 0.5) is 17.6 Å². The van der Waals surface area contributed by atoms with E-state index in [1.807, 2.05) is 12.3 Å². The van der Waals surface area contributed by atoms with E-state index in [0.29, 0.717) is 17.9 Å². The van der Waals surface area contributed by atoms with Crippen molar-refractivity contribution >= 4 is 42.4 Å². The summed E-state index contributed by atoms with van der Waals surface area (Å²) in [5.74, 6) is 2.79. The van der Waals surface area contributed by atoms with E-state index >= 15 is 0 Å². The van der Waals surface area contributed by atoms with E-state index in [0.717, 1.165) is 56.4 Å². The van der Waals surface area contributed by atoms with Gasteiger partial charge in [0.05, 0.1) is 5.69 Å². The van der Waals surface area contributed by atoms with Gasteiger partial charge >= 0.3 is 0 Å². The first kappa shape index (κ1) is 21.5. The van der Waals surface area contributed by atoms with E-state index in [2.05, 4.69) is 43.8 Å². The zero-order valence-electron chi connectivity index (χ0n) is 15.4. The van der Waals surface area contributed by atoms with E-state index in [1.165, 1.54) is 5.56 Å². The van der Waals surface area contributed by atoms with E-state index in [4.69, 9.17) is 11.5 Å². The summed E-state index contributed by atoms with van der Waals surface area (Å²) in [6.07, 6.45) is 3.83. The molecule has 1 saturated heterocycles. The largest absolute Gasteiger partial charge is 0.368 e. The number of hydrogen-bond acceptors (Lipinski definition) is 7. The monoisotopic (exact) mass is 411 g/mol. The molecule has 0 amide bonds. The number of anilines is 3. The summed E-state index contributed by atoms with van der Waals surface area (Å²) >= 11 is 0. The van der Waals surface area contributed by atoms with Crippen molar-refractivity contribution < 1.29 is 0 Å². The van der Waals surface area contributed by atoms with Gasteiger partial charge in [0.1, 0.15) is 11.6 Å². The van der Waals surface area contributed by atoms with Gasteiger partial charge in [-0.3, -0.25) is 0 Å². The van der Waals surface area contributed by atoms with Gasteiger partial charge in [-0.25, -0.2) is 9.97 Å². The van der Waals surface area contributed by atoms with Crippen LogP contribution in [0.15, 0.2) is 24.4 Å². The van der Waals surface area contributed by atoms with Gasteiger partial charge in [-0.05, 0) is 31.4 Å². The summed E-state index contributed by atoms with van der Waals surface area (Å²) in [5.41, 5.74) is 14.1. The van der Waals surface area contributed by atoms with E-state index < -0.39 is 0 Å². The Balaban J connectivity index is 0.00000131. The van der Waals surface area contributed by atoms with Crippen LogP contribution < -0.4 is 21.3 Å². The topological polar surface area (TPSA) is 97.2 Å². The SMILES string of the molecule is Cc1cccnc1N1CCN(c2cc(C3CC(N)C3)nc(N)n2)CC1.Cl.Cl. The molecule has 0 radical (unpaired) electrons.